The van der Waals surface area contributed by atoms with Gasteiger partial charge in [0.2, 0.25) is 0 Å². The number of nitrogens with one attached hydrogen (secondary N) is 1. The lowest BCUT2D eigenvalue weighted by Crippen LogP contribution is -2.21. The molecule has 1 aliphatic rings. The second-order valence-electron chi connectivity index (χ2n) is 5.66. The topological polar surface area (TPSA) is 21.3 Å². The summed E-state index contributed by atoms with van der Waals surface area (Å²) in [6.45, 7) is 4.70. The summed E-state index contributed by atoms with van der Waals surface area (Å²) >= 11 is 0. The van der Waals surface area contributed by atoms with E-state index in [1.165, 1.54) is 22.3 Å². The molecule has 1 atom stereocenters. The highest BCUT2D eigenvalue weighted by Crippen LogP contribution is 2.26. The van der Waals surface area contributed by atoms with Crippen LogP contribution in [0.4, 0.5) is 0 Å². The van der Waals surface area contributed by atoms with Gasteiger partial charge in [-0.05, 0) is 41.6 Å². The lowest BCUT2D eigenvalue weighted by molar-refractivity contribution is 0.134. The second kappa shape index (κ2) is 6.88. The smallest absolute Gasteiger partial charge is 0.0725 e. The molecule has 0 saturated heterocycles. The van der Waals surface area contributed by atoms with Crippen molar-refractivity contribution in [3.63, 3.8) is 0 Å². The maximum Gasteiger partial charge on any atom is 0.0725 e. The van der Waals surface area contributed by atoms with E-state index in [9.17, 15) is 0 Å². The quantitative estimate of drug-likeness (QED) is 0.864. The number of hydrogen-bond acceptors (Lipinski definition) is 2. The summed E-state index contributed by atoms with van der Waals surface area (Å²) in [4.78, 5) is 0. The fraction of sp³-hybridized carbons (Fsp3) is 0.368. The predicted octanol–water partition coefficient (Wildman–Crippen LogP) is 4.00. The molecule has 0 spiro atoms. The molecular weight excluding hydrogens is 258 g/mol. The zero-order valence-electron chi connectivity index (χ0n) is 12.6. The number of rotatable bonds is 6. The lowest BCUT2D eigenvalue weighted by Gasteiger charge is -2.19. The maximum absolute atomic E-state index is 5.52. The Balaban J connectivity index is 1.72. The fourth-order valence-corrected chi connectivity index (χ4v) is 3.00. The molecule has 2 heteroatoms. The summed E-state index contributed by atoms with van der Waals surface area (Å²) in [5.41, 5.74) is 5.49. The van der Waals surface area contributed by atoms with Gasteiger partial charge in [-0.15, -0.1) is 0 Å². The summed E-state index contributed by atoms with van der Waals surface area (Å²) in [6, 6.07) is 17.9. The molecule has 2 aromatic carbocycles. The van der Waals surface area contributed by atoms with E-state index in [4.69, 9.17) is 4.74 Å². The van der Waals surface area contributed by atoms with Crippen LogP contribution >= 0.6 is 0 Å². The zero-order chi connectivity index (χ0) is 14.5. The summed E-state index contributed by atoms with van der Waals surface area (Å²) in [6.07, 6.45) is 2.23. The van der Waals surface area contributed by atoms with Gasteiger partial charge < -0.3 is 10.1 Å². The second-order valence-corrected chi connectivity index (χ2v) is 5.66. The average Bonchev–Trinajstić information content (AvgIpc) is 3.00. The van der Waals surface area contributed by atoms with Crippen LogP contribution in [-0.4, -0.2) is 6.54 Å². The molecule has 2 aromatic rings. The first kappa shape index (κ1) is 14.3. The van der Waals surface area contributed by atoms with Crippen LogP contribution in [0.1, 0.15) is 41.6 Å². The lowest BCUT2D eigenvalue weighted by atomic mass is 9.96. The van der Waals surface area contributed by atoms with E-state index < -0.39 is 0 Å². The Hall–Kier alpha value is -1.64. The molecule has 0 fully saturated rings. The number of aryl methyl sites for hydroxylation is 1. The van der Waals surface area contributed by atoms with Crippen LogP contribution in [0.3, 0.4) is 0 Å². The Bertz CT molecular complexity index is 579. The van der Waals surface area contributed by atoms with Gasteiger partial charge >= 0.3 is 0 Å². The molecule has 0 bridgehead atoms. The highest BCUT2D eigenvalue weighted by molar-refractivity contribution is 5.34. The highest BCUT2D eigenvalue weighted by Gasteiger charge is 2.15. The van der Waals surface area contributed by atoms with Gasteiger partial charge in [-0.3, -0.25) is 0 Å². The SMILES string of the molecule is CCNC(CCc1ccccc1)c1ccc2c(c1)COC2. The van der Waals surface area contributed by atoms with Crippen molar-refractivity contribution in [3.8, 4) is 0 Å². The van der Waals surface area contributed by atoms with Crippen LogP contribution in [0.15, 0.2) is 48.5 Å². The van der Waals surface area contributed by atoms with Gasteiger partial charge in [0.05, 0.1) is 13.2 Å². The Morgan fingerprint density at radius 3 is 2.67 bits per heavy atom. The number of benzene rings is 2. The minimum atomic E-state index is 0.418. The van der Waals surface area contributed by atoms with Crippen LogP contribution < -0.4 is 5.32 Å². The van der Waals surface area contributed by atoms with Crippen molar-refractivity contribution in [2.45, 2.75) is 39.0 Å². The van der Waals surface area contributed by atoms with Crippen LogP contribution in [0.25, 0.3) is 0 Å². The average molecular weight is 281 g/mol. The Labute approximate surface area is 127 Å². The van der Waals surface area contributed by atoms with E-state index in [0.717, 1.165) is 32.6 Å². The third-order valence-corrected chi connectivity index (χ3v) is 4.16. The van der Waals surface area contributed by atoms with Gasteiger partial charge in [-0.1, -0.05) is 55.5 Å². The number of ether oxygens (including phenoxy) is 1. The van der Waals surface area contributed by atoms with Crippen LogP contribution in [0, 0.1) is 0 Å². The maximum atomic E-state index is 5.52. The Kier molecular flexibility index (Phi) is 4.69. The third-order valence-electron chi connectivity index (χ3n) is 4.16. The van der Waals surface area contributed by atoms with Gasteiger partial charge in [0.15, 0.2) is 0 Å². The molecule has 21 heavy (non-hydrogen) atoms. The minimum absolute atomic E-state index is 0.418. The molecule has 2 nitrogen and oxygen atoms in total. The van der Waals surface area contributed by atoms with E-state index in [2.05, 4.69) is 60.8 Å². The largest absolute Gasteiger partial charge is 0.372 e. The van der Waals surface area contributed by atoms with E-state index >= 15 is 0 Å². The molecule has 3 rings (SSSR count). The molecule has 0 aromatic heterocycles. The molecule has 1 unspecified atom stereocenters. The van der Waals surface area contributed by atoms with Gasteiger partial charge in [0.25, 0.3) is 0 Å². The summed E-state index contributed by atoms with van der Waals surface area (Å²) in [5, 5.41) is 3.62. The first-order valence-electron chi connectivity index (χ1n) is 7.83. The molecule has 1 aliphatic heterocycles. The van der Waals surface area contributed by atoms with Crippen molar-refractivity contribution < 1.29 is 4.74 Å². The molecule has 0 amide bonds. The van der Waals surface area contributed by atoms with E-state index in [0.29, 0.717) is 6.04 Å². The van der Waals surface area contributed by atoms with Gasteiger partial charge in [0, 0.05) is 6.04 Å². The van der Waals surface area contributed by atoms with Crippen LogP contribution in [-0.2, 0) is 24.4 Å². The van der Waals surface area contributed by atoms with Crippen molar-refractivity contribution in [2.24, 2.45) is 0 Å². The van der Waals surface area contributed by atoms with Crippen molar-refractivity contribution in [1.29, 1.82) is 0 Å². The first-order chi connectivity index (χ1) is 10.4. The standard InChI is InChI=1S/C19H23NO/c1-2-20-19(11-8-15-6-4-3-5-7-15)16-9-10-17-13-21-14-18(17)12-16/h3-7,9-10,12,19-20H,2,8,11,13-14H2,1H3. The van der Waals surface area contributed by atoms with Gasteiger partial charge in [-0.25, -0.2) is 0 Å². The summed E-state index contributed by atoms with van der Waals surface area (Å²) < 4.78 is 5.52. The van der Waals surface area contributed by atoms with Crippen molar-refractivity contribution in [2.75, 3.05) is 6.54 Å². The molecule has 1 N–H and O–H groups in total. The third kappa shape index (κ3) is 3.52. The predicted molar refractivity (Wildman–Crippen MR) is 86.1 cm³/mol. The van der Waals surface area contributed by atoms with Crippen molar-refractivity contribution >= 4 is 0 Å². The highest BCUT2D eigenvalue weighted by atomic mass is 16.5. The van der Waals surface area contributed by atoms with E-state index in [1.54, 1.807) is 0 Å². The van der Waals surface area contributed by atoms with E-state index in [-0.39, 0.29) is 0 Å². The first-order valence-corrected chi connectivity index (χ1v) is 7.83. The van der Waals surface area contributed by atoms with Crippen LogP contribution in [0.2, 0.25) is 0 Å². The molecule has 0 aliphatic carbocycles. The fourth-order valence-electron chi connectivity index (χ4n) is 3.00. The molecule has 110 valence electrons. The summed E-state index contributed by atoms with van der Waals surface area (Å²) in [7, 11) is 0. The monoisotopic (exact) mass is 281 g/mol. The zero-order valence-corrected chi connectivity index (χ0v) is 12.6. The van der Waals surface area contributed by atoms with Crippen LogP contribution in [0.5, 0.6) is 0 Å². The van der Waals surface area contributed by atoms with Crippen molar-refractivity contribution in [1.82, 2.24) is 5.32 Å². The Morgan fingerprint density at radius 1 is 1.05 bits per heavy atom. The van der Waals surface area contributed by atoms with Crippen molar-refractivity contribution in [3.05, 3.63) is 70.8 Å². The van der Waals surface area contributed by atoms with E-state index in [1.807, 2.05) is 0 Å². The number of fused-ring (bicyclic) bond motifs is 1. The molecule has 1 heterocycles. The molecule has 0 radical (unpaired) electrons. The minimum Gasteiger partial charge on any atom is -0.372 e. The summed E-state index contributed by atoms with van der Waals surface area (Å²) in [5.74, 6) is 0. The number of hydrogen-bond donors (Lipinski definition) is 1. The normalized spacial score (nSPS) is 14.9. The molecule has 0 saturated carbocycles. The molecular formula is C19H23NO. The van der Waals surface area contributed by atoms with Gasteiger partial charge in [0.1, 0.15) is 0 Å². The Morgan fingerprint density at radius 2 is 1.86 bits per heavy atom. The van der Waals surface area contributed by atoms with Gasteiger partial charge in [-0.2, -0.15) is 0 Å².